The van der Waals surface area contributed by atoms with Gasteiger partial charge < -0.3 is 0 Å². The lowest BCUT2D eigenvalue weighted by molar-refractivity contribution is 0.570. The highest BCUT2D eigenvalue weighted by molar-refractivity contribution is 8.13. The Morgan fingerprint density at radius 3 is 2.29 bits per heavy atom. The molecule has 0 spiro atoms. The van der Waals surface area contributed by atoms with E-state index < -0.39 is 9.05 Å². The van der Waals surface area contributed by atoms with Gasteiger partial charge in [0.15, 0.2) is 5.82 Å². The fourth-order valence-electron chi connectivity index (χ4n) is 2.12. The molecule has 114 valence electrons. The van der Waals surface area contributed by atoms with Gasteiger partial charge in [0.2, 0.25) is 0 Å². The SMILES string of the molecule is CCCn1c(-c2ccc(C(C)C)cc2)nnc1S(=O)(=O)Cl. The van der Waals surface area contributed by atoms with Crippen molar-refractivity contribution in [3.8, 4) is 11.4 Å². The summed E-state index contributed by atoms with van der Waals surface area (Å²) >= 11 is 0. The van der Waals surface area contributed by atoms with E-state index in [1.54, 1.807) is 4.57 Å². The van der Waals surface area contributed by atoms with Crippen LogP contribution in [0.1, 0.15) is 38.7 Å². The summed E-state index contributed by atoms with van der Waals surface area (Å²) in [6, 6.07) is 7.88. The smallest absolute Gasteiger partial charge is 0.296 e. The van der Waals surface area contributed by atoms with Crippen LogP contribution in [0.5, 0.6) is 0 Å². The number of nitrogens with zero attached hydrogens (tertiary/aromatic N) is 3. The molecule has 0 unspecified atom stereocenters. The summed E-state index contributed by atoms with van der Waals surface area (Å²) in [6.07, 6.45) is 0.758. The molecule has 1 aromatic heterocycles. The van der Waals surface area contributed by atoms with Crippen LogP contribution in [-0.2, 0) is 15.6 Å². The van der Waals surface area contributed by atoms with Crippen molar-refractivity contribution in [2.24, 2.45) is 0 Å². The van der Waals surface area contributed by atoms with Crippen molar-refractivity contribution in [1.29, 1.82) is 0 Å². The Morgan fingerprint density at radius 1 is 1.19 bits per heavy atom. The average Bonchev–Trinajstić information content (AvgIpc) is 2.83. The first-order chi connectivity index (χ1) is 9.84. The van der Waals surface area contributed by atoms with Crippen LogP contribution in [-0.4, -0.2) is 23.2 Å². The second-order valence-corrected chi connectivity index (χ2v) is 7.63. The molecular formula is C14H18ClN3O2S. The van der Waals surface area contributed by atoms with Gasteiger partial charge in [0, 0.05) is 22.8 Å². The van der Waals surface area contributed by atoms with Gasteiger partial charge in [-0.1, -0.05) is 45.0 Å². The summed E-state index contributed by atoms with van der Waals surface area (Å²) in [7, 11) is 1.51. The largest absolute Gasteiger partial charge is 0.297 e. The summed E-state index contributed by atoms with van der Waals surface area (Å²) < 4.78 is 24.7. The topological polar surface area (TPSA) is 64.8 Å². The van der Waals surface area contributed by atoms with Crippen molar-refractivity contribution in [3.63, 3.8) is 0 Å². The average molecular weight is 328 g/mol. The van der Waals surface area contributed by atoms with Gasteiger partial charge in [-0.2, -0.15) is 0 Å². The van der Waals surface area contributed by atoms with Crippen molar-refractivity contribution >= 4 is 19.7 Å². The van der Waals surface area contributed by atoms with E-state index in [4.69, 9.17) is 10.7 Å². The normalized spacial score (nSPS) is 12.0. The van der Waals surface area contributed by atoms with Crippen molar-refractivity contribution in [2.45, 2.75) is 44.8 Å². The number of hydrogen-bond donors (Lipinski definition) is 0. The Kier molecular flexibility index (Phi) is 4.68. The molecule has 0 N–H and O–H groups in total. The van der Waals surface area contributed by atoms with Crippen molar-refractivity contribution in [3.05, 3.63) is 29.8 Å². The van der Waals surface area contributed by atoms with Crippen molar-refractivity contribution in [1.82, 2.24) is 14.8 Å². The molecule has 0 aliphatic rings. The minimum atomic E-state index is -3.90. The quantitative estimate of drug-likeness (QED) is 0.789. The standard InChI is InChI=1S/C14H18ClN3O2S/c1-4-9-18-13(16-17-14(18)21(15,19)20)12-7-5-11(6-8-12)10(2)3/h5-8,10H,4,9H2,1-3H3. The molecule has 0 saturated heterocycles. The minimum Gasteiger partial charge on any atom is -0.297 e. The zero-order valence-corrected chi connectivity index (χ0v) is 13.8. The molecule has 2 aromatic rings. The van der Waals surface area contributed by atoms with E-state index in [1.807, 2.05) is 31.2 Å². The molecule has 7 heteroatoms. The van der Waals surface area contributed by atoms with E-state index in [1.165, 1.54) is 5.56 Å². The Morgan fingerprint density at radius 2 is 1.81 bits per heavy atom. The summed E-state index contributed by atoms with van der Waals surface area (Å²) in [5, 5.41) is 7.53. The van der Waals surface area contributed by atoms with Crippen LogP contribution < -0.4 is 0 Å². The maximum absolute atomic E-state index is 11.6. The third-order valence-corrected chi connectivity index (χ3v) is 4.37. The third-order valence-electron chi connectivity index (χ3n) is 3.22. The molecule has 0 atom stereocenters. The Balaban J connectivity index is 2.51. The highest BCUT2D eigenvalue weighted by atomic mass is 35.7. The molecule has 0 radical (unpaired) electrons. The van der Waals surface area contributed by atoms with Crippen molar-refractivity contribution in [2.75, 3.05) is 0 Å². The van der Waals surface area contributed by atoms with E-state index in [-0.39, 0.29) is 5.16 Å². The highest BCUT2D eigenvalue weighted by Crippen LogP contribution is 2.24. The van der Waals surface area contributed by atoms with E-state index >= 15 is 0 Å². The first-order valence-corrected chi connectivity index (χ1v) is 9.13. The summed E-state index contributed by atoms with van der Waals surface area (Å²) in [5.74, 6) is 0.956. The van der Waals surface area contributed by atoms with Gasteiger partial charge in [0.1, 0.15) is 0 Å². The molecule has 1 heterocycles. The second-order valence-electron chi connectivity index (χ2n) is 5.17. The molecule has 0 bridgehead atoms. The molecule has 1 aromatic carbocycles. The fraction of sp³-hybridized carbons (Fsp3) is 0.429. The number of benzene rings is 1. The third kappa shape index (κ3) is 3.44. The maximum Gasteiger partial charge on any atom is 0.296 e. The molecule has 2 rings (SSSR count). The minimum absolute atomic E-state index is 0.200. The molecule has 0 fully saturated rings. The molecular weight excluding hydrogens is 310 g/mol. The number of halogens is 1. The van der Waals surface area contributed by atoms with Crippen LogP contribution in [0.4, 0.5) is 0 Å². The van der Waals surface area contributed by atoms with Gasteiger partial charge in [-0.05, 0) is 17.9 Å². The number of rotatable bonds is 5. The predicted molar refractivity (Wildman–Crippen MR) is 82.9 cm³/mol. The molecule has 21 heavy (non-hydrogen) atoms. The van der Waals surface area contributed by atoms with Crippen LogP contribution in [0.2, 0.25) is 0 Å². The number of hydrogen-bond acceptors (Lipinski definition) is 4. The van der Waals surface area contributed by atoms with E-state index in [0.29, 0.717) is 18.3 Å². The van der Waals surface area contributed by atoms with Gasteiger partial charge in [-0.3, -0.25) is 4.57 Å². The van der Waals surface area contributed by atoms with Gasteiger partial charge in [0.05, 0.1) is 0 Å². The van der Waals surface area contributed by atoms with Crippen LogP contribution in [0, 0.1) is 0 Å². The second kappa shape index (κ2) is 6.15. The Hall–Kier alpha value is -1.40. The molecule has 0 aliphatic heterocycles. The first-order valence-electron chi connectivity index (χ1n) is 6.82. The fourth-order valence-corrected chi connectivity index (χ4v) is 3.05. The lowest BCUT2D eigenvalue weighted by Crippen LogP contribution is -2.07. The van der Waals surface area contributed by atoms with E-state index in [9.17, 15) is 8.42 Å². The molecule has 0 aliphatic carbocycles. The molecule has 0 saturated carbocycles. The van der Waals surface area contributed by atoms with Crippen molar-refractivity contribution < 1.29 is 8.42 Å². The van der Waals surface area contributed by atoms with Crippen LogP contribution in [0.15, 0.2) is 29.4 Å². The molecule has 5 nitrogen and oxygen atoms in total. The number of aromatic nitrogens is 3. The zero-order chi connectivity index (χ0) is 15.6. The van der Waals surface area contributed by atoms with Gasteiger partial charge >= 0.3 is 0 Å². The summed E-state index contributed by atoms with van der Waals surface area (Å²) in [6.45, 7) is 6.69. The summed E-state index contributed by atoms with van der Waals surface area (Å²) in [5.41, 5.74) is 2.04. The van der Waals surface area contributed by atoms with Gasteiger partial charge in [0.25, 0.3) is 14.2 Å². The van der Waals surface area contributed by atoms with E-state index in [2.05, 4.69) is 24.0 Å². The highest BCUT2D eigenvalue weighted by Gasteiger charge is 2.22. The Bertz CT molecular complexity index is 721. The Labute approximate surface area is 129 Å². The van der Waals surface area contributed by atoms with Gasteiger partial charge in [-0.25, -0.2) is 8.42 Å². The lowest BCUT2D eigenvalue weighted by Gasteiger charge is -2.09. The zero-order valence-electron chi connectivity index (χ0n) is 12.2. The summed E-state index contributed by atoms with van der Waals surface area (Å²) in [4.78, 5) is 0. The lowest BCUT2D eigenvalue weighted by atomic mass is 10.0. The first kappa shape index (κ1) is 16.0. The van der Waals surface area contributed by atoms with Crippen LogP contribution >= 0.6 is 10.7 Å². The van der Waals surface area contributed by atoms with E-state index in [0.717, 1.165) is 12.0 Å². The van der Waals surface area contributed by atoms with Crippen LogP contribution in [0.25, 0.3) is 11.4 Å². The van der Waals surface area contributed by atoms with Gasteiger partial charge in [-0.15, -0.1) is 10.2 Å². The predicted octanol–water partition coefficient (Wildman–Crippen LogP) is 3.41. The van der Waals surface area contributed by atoms with Crippen LogP contribution in [0.3, 0.4) is 0 Å². The molecule has 0 amide bonds. The maximum atomic E-state index is 11.6. The monoisotopic (exact) mass is 327 g/mol.